The molecule has 2 aromatic rings. The molecule has 0 atom stereocenters. The van der Waals surface area contributed by atoms with Gasteiger partial charge in [0.15, 0.2) is 0 Å². The number of piperazine rings is 1. The molecule has 0 spiro atoms. The molecule has 7 heteroatoms. The van der Waals surface area contributed by atoms with Crippen LogP contribution in [0.5, 0.6) is 0 Å². The number of para-hydroxylation sites is 2. The number of hydrogen-bond donors (Lipinski definition) is 2. The maximum absolute atomic E-state index is 13.9. The van der Waals surface area contributed by atoms with Crippen LogP contribution in [0.15, 0.2) is 53.4 Å². The molecule has 0 aromatic heterocycles. The molecule has 0 saturated carbocycles. The second kappa shape index (κ2) is 6.78. The van der Waals surface area contributed by atoms with Crippen molar-refractivity contribution in [3.63, 3.8) is 0 Å². The number of likely N-dealkylation sites (N-methyl/N-ethyl adjacent to an activating group) is 1. The van der Waals surface area contributed by atoms with Gasteiger partial charge in [-0.05, 0) is 24.3 Å². The van der Waals surface area contributed by atoms with Crippen molar-refractivity contribution < 1.29 is 17.7 Å². The highest BCUT2D eigenvalue weighted by Gasteiger charge is 2.23. The lowest BCUT2D eigenvalue weighted by molar-refractivity contribution is -0.880. The number of anilines is 2. The molecule has 1 saturated heterocycles. The molecule has 1 fully saturated rings. The van der Waals surface area contributed by atoms with Crippen molar-refractivity contribution in [1.82, 2.24) is 0 Å². The van der Waals surface area contributed by atoms with Gasteiger partial charge in [0, 0.05) is 0 Å². The van der Waals surface area contributed by atoms with Crippen molar-refractivity contribution in [2.24, 2.45) is 0 Å². The molecule has 0 unspecified atom stereocenters. The molecule has 5 nitrogen and oxygen atoms in total. The van der Waals surface area contributed by atoms with Gasteiger partial charge in [-0.2, -0.15) is 0 Å². The van der Waals surface area contributed by atoms with E-state index in [0.717, 1.165) is 37.9 Å². The Bertz CT molecular complexity index is 818. The molecule has 0 aliphatic carbocycles. The van der Waals surface area contributed by atoms with Crippen LogP contribution in [0, 0.1) is 5.82 Å². The normalized spacial score (nSPS) is 16.2. The van der Waals surface area contributed by atoms with Gasteiger partial charge in [-0.3, -0.25) is 4.72 Å². The molecule has 0 bridgehead atoms. The van der Waals surface area contributed by atoms with Gasteiger partial charge in [0.05, 0.1) is 44.6 Å². The summed E-state index contributed by atoms with van der Waals surface area (Å²) in [7, 11) is -1.83. The van der Waals surface area contributed by atoms with Crippen LogP contribution >= 0.6 is 0 Å². The van der Waals surface area contributed by atoms with Crippen LogP contribution in [0.25, 0.3) is 0 Å². The van der Waals surface area contributed by atoms with Crippen molar-refractivity contribution >= 4 is 21.4 Å². The summed E-state index contributed by atoms with van der Waals surface area (Å²) in [6, 6.07) is 12.6. The Morgan fingerprint density at radius 3 is 2.38 bits per heavy atom. The first kappa shape index (κ1) is 16.7. The Morgan fingerprint density at radius 2 is 1.67 bits per heavy atom. The first-order valence-electron chi connectivity index (χ1n) is 7.90. The summed E-state index contributed by atoms with van der Waals surface area (Å²) in [5, 5.41) is 0. The molecule has 24 heavy (non-hydrogen) atoms. The highest BCUT2D eigenvalue weighted by Crippen LogP contribution is 2.28. The molecular formula is C17H21FN3O2S+. The number of quaternary nitrogens is 1. The fourth-order valence-electron chi connectivity index (χ4n) is 2.83. The maximum Gasteiger partial charge on any atom is 0.264 e. The third kappa shape index (κ3) is 3.52. The van der Waals surface area contributed by atoms with E-state index in [1.807, 2.05) is 12.1 Å². The maximum atomic E-state index is 13.9. The smallest absolute Gasteiger partial charge is 0.264 e. The fraction of sp³-hybridized carbons (Fsp3) is 0.294. The van der Waals surface area contributed by atoms with E-state index in [1.165, 1.54) is 23.1 Å². The van der Waals surface area contributed by atoms with E-state index >= 15 is 0 Å². The summed E-state index contributed by atoms with van der Waals surface area (Å²) in [6.45, 7) is 3.69. The molecule has 0 radical (unpaired) electrons. The van der Waals surface area contributed by atoms with Crippen LogP contribution in [-0.2, 0) is 10.0 Å². The number of rotatable bonds is 4. The lowest BCUT2D eigenvalue weighted by Crippen LogP contribution is -3.12. The number of sulfonamides is 1. The predicted molar refractivity (Wildman–Crippen MR) is 92.5 cm³/mol. The van der Waals surface area contributed by atoms with Gasteiger partial charge in [-0.25, -0.2) is 12.8 Å². The number of benzene rings is 2. The molecule has 2 aromatic carbocycles. The van der Waals surface area contributed by atoms with Crippen LogP contribution < -0.4 is 14.5 Å². The summed E-state index contributed by atoms with van der Waals surface area (Å²) >= 11 is 0. The van der Waals surface area contributed by atoms with Crippen molar-refractivity contribution in [3.05, 3.63) is 54.3 Å². The van der Waals surface area contributed by atoms with Crippen molar-refractivity contribution in [2.75, 3.05) is 42.8 Å². The van der Waals surface area contributed by atoms with E-state index in [9.17, 15) is 12.8 Å². The quantitative estimate of drug-likeness (QED) is 0.864. The SMILES string of the molecule is C[NH+]1CCN(c2ccccc2NS(=O)(=O)c2ccccc2F)CC1. The third-order valence-corrected chi connectivity index (χ3v) is 5.63. The molecule has 3 rings (SSSR count). The van der Waals surface area contributed by atoms with Crippen molar-refractivity contribution in [3.8, 4) is 0 Å². The van der Waals surface area contributed by atoms with Gasteiger partial charge in [0.1, 0.15) is 10.7 Å². The van der Waals surface area contributed by atoms with E-state index in [0.29, 0.717) is 5.69 Å². The zero-order chi connectivity index (χ0) is 17.2. The Balaban J connectivity index is 1.89. The number of halogens is 1. The number of nitrogens with zero attached hydrogens (tertiary/aromatic N) is 1. The highest BCUT2D eigenvalue weighted by molar-refractivity contribution is 7.92. The molecular weight excluding hydrogens is 329 g/mol. The van der Waals surface area contributed by atoms with Gasteiger partial charge in [-0.15, -0.1) is 0 Å². The van der Waals surface area contributed by atoms with Gasteiger partial charge >= 0.3 is 0 Å². The molecule has 2 N–H and O–H groups in total. The van der Waals surface area contributed by atoms with Gasteiger partial charge < -0.3 is 9.80 Å². The second-order valence-corrected chi connectivity index (χ2v) is 7.65. The zero-order valence-corrected chi connectivity index (χ0v) is 14.3. The van der Waals surface area contributed by atoms with Crippen LogP contribution in [0.4, 0.5) is 15.8 Å². The lowest BCUT2D eigenvalue weighted by atomic mass is 10.2. The number of nitrogens with one attached hydrogen (secondary N) is 2. The third-order valence-electron chi connectivity index (χ3n) is 4.23. The Labute approximate surface area is 141 Å². The average molecular weight is 350 g/mol. The monoisotopic (exact) mass is 350 g/mol. The van der Waals surface area contributed by atoms with Crippen molar-refractivity contribution in [2.45, 2.75) is 4.90 Å². The lowest BCUT2D eigenvalue weighted by Gasteiger charge is -2.33. The van der Waals surface area contributed by atoms with Crippen molar-refractivity contribution in [1.29, 1.82) is 0 Å². The zero-order valence-electron chi connectivity index (χ0n) is 13.5. The summed E-state index contributed by atoms with van der Waals surface area (Å²) < 4.78 is 41.5. The van der Waals surface area contributed by atoms with Crippen LogP contribution in [0.1, 0.15) is 0 Å². The summed E-state index contributed by atoms with van der Waals surface area (Å²) in [5.74, 6) is -0.759. The standard InChI is InChI=1S/C17H20FN3O2S/c1-20-10-12-21(13-11-20)16-8-4-3-7-15(16)19-24(22,23)17-9-5-2-6-14(17)18/h2-9,19H,10-13H2,1H3/p+1. The largest absolute Gasteiger partial charge is 0.359 e. The second-order valence-electron chi connectivity index (χ2n) is 6.00. The van der Waals surface area contributed by atoms with Gasteiger partial charge in [0.2, 0.25) is 0 Å². The van der Waals surface area contributed by atoms with Crippen LogP contribution in [0.3, 0.4) is 0 Å². The van der Waals surface area contributed by atoms with E-state index in [4.69, 9.17) is 0 Å². The molecule has 1 heterocycles. The predicted octanol–water partition coefficient (Wildman–Crippen LogP) is 0.961. The summed E-state index contributed by atoms with van der Waals surface area (Å²) in [6.07, 6.45) is 0. The van der Waals surface area contributed by atoms with E-state index in [-0.39, 0.29) is 4.90 Å². The van der Waals surface area contributed by atoms with Gasteiger partial charge in [0.25, 0.3) is 10.0 Å². The van der Waals surface area contributed by atoms with E-state index < -0.39 is 15.8 Å². The Hall–Kier alpha value is -2.12. The first-order valence-corrected chi connectivity index (χ1v) is 9.38. The minimum atomic E-state index is -3.97. The average Bonchev–Trinajstić information content (AvgIpc) is 2.56. The fourth-order valence-corrected chi connectivity index (χ4v) is 3.98. The Kier molecular flexibility index (Phi) is 4.73. The van der Waals surface area contributed by atoms with Crippen LogP contribution in [-0.4, -0.2) is 41.6 Å². The minimum Gasteiger partial charge on any atom is -0.359 e. The highest BCUT2D eigenvalue weighted by atomic mass is 32.2. The molecule has 1 aliphatic rings. The minimum absolute atomic E-state index is 0.345. The van der Waals surface area contributed by atoms with E-state index in [2.05, 4.69) is 16.7 Å². The molecule has 128 valence electrons. The topological polar surface area (TPSA) is 53.9 Å². The van der Waals surface area contributed by atoms with E-state index in [1.54, 1.807) is 12.1 Å². The molecule has 1 aliphatic heterocycles. The Morgan fingerprint density at radius 1 is 1.04 bits per heavy atom. The van der Waals surface area contributed by atoms with Gasteiger partial charge in [-0.1, -0.05) is 24.3 Å². The van der Waals surface area contributed by atoms with Crippen LogP contribution in [0.2, 0.25) is 0 Å². The number of hydrogen-bond acceptors (Lipinski definition) is 3. The summed E-state index contributed by atoms with van der Waals surface area (Å²) in [4.78, 5) is 3.27. The summed E-state index contributed by atoms with van der Waals surface area (Å²) in [5.41, 5.74) is 1.30. The molecule has 0 amide bonds. The first-order chi connectivity index (χ1) is 11.5.